The largest absolute Gasteiger partial charge is 0.269 e. The molecule has 2 aromatic rings. The number of nitrogens with zero attached hydrogens (tertiary/aromatic N) is 4. The molecule has 0 aromatic carbocycles. The monoisotopic (exact) mass is 347 g/mol. The summed E-state index contributed by atoms with van der Waals surface area (Å²) in [4.78, 5) is 0.163. The second-order valence-electron chi connectivity index (χ2n) is 4.56. The third kappa shape index (κ3) is 3.74. The summed E-state index contributed by atoms with van der Waals surface area (Å²) in [6.45, 7) is 7.55. The standard InChI is InChI=1S/C11H17N5O2S3/c1-5-19-11-13-12-10(20-11)15-21(17,18)9-6-16(7(2)3)14-8(9)4/h6-7H,5H2,1-4H3,(H,12,15). The van der Waals surface area contributed by atoms with Crippen molar-refractivity contribution in [3.05, 3.63) is 11.9 Å². The normalized spacial score (nSPS) is 12.0. The zero-order chi connectivity index (χ0) is 15.6. The summed E-state index contributed by atoms with van der Waals surface area (Å²) in [7, 11) is -3.69. The van der Waals surface area contributed by atoms with Gasteiger partial charge in [-0.1, -0.05) is 30.0 Å². The van der Waals surface area contributed by atoms with Gasteiger partial charge in [-0.05, 0) is 26.5 Å². The van der Waals surface area contributed by atoms with E-state index in [0.717, 1.165) is 10.1 Å². The van der Waals surface area contributed by atoms with Crippen LogP contribution < -0.4 is 4.72 Å². The molecule has 21 heavy (non-hydrogen) atoms. The molecule has 2 heterocycles. The van der Waals surface area contributed by atoms with Crippen molar-refractivity contribution in [3.8, 4) is 0 Å². The minimum Gasteiger partial charge on any atom is -0.269 e. The fourth-order valence-electron chi connectivity index (χ4n) is 1.60. The lowest BCUT2D eigenvalue weighted by Gasteiger charge is -2.03. The Balaban J connectivity index is 2.25. The second-order valence-corrected chi connectivity index (χ2v) is 8.70. The van der Waals surface area contributed by atoms with Gasteiger partial charge in [0.1, 0.15) is 4.90 Å². The first-order valence-electron chi connectivity index (χ1n) is 6.38. The van der Waals surface area contributed by atoms with Gasteiger partial charge in [-0.25, -0.2) is 8.42 Å². The molecule has 0 amide bonds. The molecule has 0 atom stereocenters. The van der Waals surface area contributed by atoms with Gasteiger partial charge in [0, 0.05) is 12.2 Å². The molecule has 0 aliphatic rings. The molecule has 0 saturated carbocycles. The molecule has 7 nitrogen and oxygen atoms in total. The Kier molecular flexibility index (Phi) is 4.89. The minimum absolute atomic E-state index is 0.0988. The summed E-state index contributed by atoms with van der Waals surface area (Å²) in [6, 6.07) is 0.0988. The minimum atomic E-state index is -3.69. The maximum Gasteiger partial charge on any atom is 0.267 e. The van der Waals surface area contributed by atoms with Crippen LogP contribution in [0.4, 0.5) is 5.13 Å². The molecule has 0 fully saturated rings. The summed E-state index contributed by atoms with van der Waals surface area (Å²) in [6.07, 6.45) is 1.53. The fraction of sp³-hybridized carbons (Fsp3) is 0.545. The van der Waals surface area contributed by atoms with E-state index >= 15 is 0 Å². The van der Waals surface area contributed by atoms with Crippen LogP contribution in [-0.2, 0) is 10.0 Å². The van der Waals surface area contributed by atoms with Gasteiger partial charge in [-0.15, -0.1) is 10.2 Å². The third-order valence-electron chi connectivity index (χ3n) is 2.59. The van der Waals surface area contributed by atoms with Crippen LogP contribution in [0.2, 0.25) is 0 Å². The van der Waals surface area contributed by atoms with Crippen LogP contribution in [0, 0.1) is 6.92 Å². The molecule has 1 N–H and O–H groups in total. The summed E-state index contributed by atoms with van der Waals surface area (Å²) >= 11 is 2.74. The summed E-state index contributed by atoms with van der Waals surface area (Å²) in [5.41, 5.74) is 0.462. The summed E-state index contributed by atoms with van der Waals surface area (Å²) in [5.74, 6) is 0.863. The van der Waals surface area contributed by atoms with Crippen LogP contribution in [0.3, 0.4) is 0 Å². The Bertz CT molecular complexity index is 720. The maximum absolute atomic E-state index is 12.4. The number of aryl methyl sites for hydroxylation is 1. The second kappa shape index (κ2) is 6.32. The van der Waals surface area contributed by atoms with Gasteiger partial charge in [-0.2, -0.15) is 5.10 Å². The molecule has 0 bridgehead atoms. The Labute approximate surface area is 132 Å². The zero-order valence-corrected chi connectivity index (χ0v) is 14.6. The summed E-state index contributed by atoms with van der Waals surface area (Å²) in [5, 5.41) is 12.3. The molecule has 0 spiro atoms. The summed E-state index contributed by atoms with van der Waals surface area (Å²) < 4.78 is 29.6. The first kappa shape index (κ1) is 16.2. The predicted octanol–water partition coefficient (Wildman–Crippen LogP) is 2.54. The van der Waals surface area contributed by atoms with Crippen LogP contribution in [-0.4, -0.2) is 34.1 Å². The van der Waals surface area contributed by atoms with E-state index in [-0.39, 0.29) is 16.1 Å². The van der Waals surface area contributed by atoms with Gasteiger partial charge >= 0.3 is 0 Å². The van der Waals surface area contributed by atoms with Gasteiger partial charge in [0.15, 0.2) is 4.34 Å². The highest BCUT2D eigenvalue weighted by molar-refractivity contribution is 8.01. The number of sulfonamides is 1. The maximum atomic E-state index is 12.4. The number of thioether (sulfide) groups is 1. The Morgan fingerprint density at radius 3 is 2.71 bits per heavy atom. The van der Waals surface area contributed by atoms with Gasteiger partial charge < -0.3 is 0 Å². The number of nitrogens with one attached hydrogen (secondary N) is 1. The van der Waals surface area contributed by atoms with Crippen molar-refractivity contribution in [3.63, 3.8) is 0 Å². The highest BCUT2D eigenvalue weighted by atomic mass is 32.2. The molecule has 2 aromatic heterocycles. The van der Waals surface area contributed by atoms with Gasteiger partial charge in [0.05, 0.1) is 5.69 Å². The van der Waals surface area contributed by atoms with Crippen molar-refractivity contribution in [2.45, 2.75) is 43.0 Å². The zero-order valence-electron chi connectivity index (χ0n) is 12.2. The quantitative estimate of drug-likeness (QED) is 0.808. The molecule has 0 unspecified atom stereocenters. The van der Waals surface area contributed by atoms with Crippen molar-refractivity contribution in [1.29, 1.82) is 0 Å². The lowest BCUT2D eigenvalue weighted by atomic mass is 10.4. The highest BCUT2D eigenvalue weighted by Gasteiger charge is 2.22. The van der Waals surface area contributed by atoms with E-state index in [1.165, 1.54) is 29.3 Å². The number of anilines is 1. The number of rotatable bonds is 6. The van der Waals surface area contributed by atoms with E-state index in [2.05, 4.69) is 20.0 Å². The first-order chi connectivity index (χ1) is 9.83. The molecule has 2 rings (SSSR count). The van der Waals surface area contributed by atoms with E-state index in [1.54, 1.807) is 11.6 Å². The van der Waals surface area contributed by atoms with Crippen LogP contribution >= 0.6 is 23.1 Å². The van der Waals surface area contributed by atoms with Crippen molar-refractivity contribution in [2.24, 2.45) is 0 Å². The SMILES string of the molecule is CCSc1nnc(NS(=O)(=O)c2cn(C(C)C)nc2C)s1. The Hall–Kier alpha value is -1.13. The van der Waals surface area contributed by atoms with Crippen LogP contribution in [0.15, 0.2) is 15.4 Å². The topological polar surface area (TPSA) is 89.8 Å². The number of hydrogen-bond acceptors (Lipinski definition) is 7. The first-order valence-corrected chi connectivity index (χ1v) is 9.67. The lowest BCUT2D eigenvalue weighted by molar-refractivity contribution is 0.528. The van der Waals surface area contributed by atoms with Crippen molar-refractivity contribution in [1.82, 2.24) is 20.0 Å². The van der Waals surface area contributed by atoms with E-state index in [1.807, 2.05) is 20.8 Å². The van der Waals surface area contributed by atoms with Crippen LogP contribution in [0.5, 0.6) is 0 Å². The molecular formula is C11H17N5O2S3. The van der Waals surface area contributed by atoms with Crippen molar-refractivity contribution < 1.29 is 8.42 Å². The average Bonchev–Trinajstić information content (AvgIpc) is 2.96. The molecule has 0 aliphatic heterocycles. The van der Waals surface area contributed by atoms with Crippen LogP contribution in [0.1, 0.15) is 32.5 Å². The molecule has 10 heteroatoms. The molecule has 0 saturated heterocycles. The average molecular weight is 347 g/mol. The van der Waals surface area contributed by atoms with Gasteiger partial charge in [0.2, 0.25) is 5.13 Å². The fourth-order valence-corrected chi connectivity index (χ4v) is 4.65. The van der Waals surface area contributed by atoms with E-state index in [0.29, 0.717) is 5.69 Å². The molecule has 0 radical (unpaired) electrons. The lowest BCUT2D eigenvalue weighted by Crippen LogP contribution is -2.13. The van der Waals surface area contributed by atoms with Crippen molar-refractivity contribution >= 4 is 38.3 Å². The molecule has 0 aliphatic carbocycles. The van der Waals surface area contributed by atoms with E-state index in [4.69, 9.17) is 0 Å². The van der Waals surface area contributed by atoms with Gasteiger partial charge in [-0.3, -0.25) is 9.40 Å². The Morgan fingerprint density at radius 2 is 2.14 bits per heavy atom. The third-order valence-corrected chi connectivity index (χ3v) is 6.01. The molecule has 116 valence electrons. The van der Waals surface area contributed by atoms with Gasteiger partial charge in [0.25, 0.3) is 10.0 Å². The number of aromatic nitrogens is 4. The molecular weight excluding hydrogens is 330 g/mol. The smallest absolute Gasteiger partial charge is 0.267 e. The van der Waals surface area contributed by atoms with Crippen LogP contribution in [0.25, 0.3) is 0 Å². The van der Waals surface area contributed by atoms with E-state index < -0.39 is 10.0 Å². The van der Waals surface area contributed by atoms with E-state index in [9.17, 15) is 8.42 Å². The Morgan fingerprint density at radius 1 is 1.43 bits per heavy atom. The highest BCUT2D eigenvalue weighted by Crippen LogP contribution is 2.27. The van der Waals surface area contributed by atoms with Crippen molar-refractivity contribution in [2.75, 3.05) is 10.5 Å². The number of hydrogen-bond donors (Lipinski definition) is 1. The predicted molar refractivity (Wildman–Crippen MR) is 84.5 cm³/mol.